The predicted molar refractivity (Wildman–Crippen MR) is 66.9 cm³/mol. The van der Waals surface area contributed by atoms with E-state index in [2.05, 4.69) is 22.3 Å². The average molecular weight is 219 g/mol. The van der Waals surface area contributed by atoms with Gasteiger partial charge in [-0.25, -0.2) is 0 Å². The summed E-state index contributed by atoms with van der Waals surface area (Å²) in [6.07, 6.45) is 3.91. The maximum Gasteiger partial charge on any atom is 0.0604 e. The number of benzene rings is 1. The Bertz CT molecular complexity index is 321. The lowest BCUT2D eigenvalue weighted by molar-refractivity contribution is 0.311. The molecule has 1 aliphatic rings. The molecule has 0 atom stereocenters. The molecule has 87 valence electrons. The van der Waals surface area contributed by atoms with Crippen molar-refractivity contribution in [1.82, 2.24) is 0 Å². The Morgan fingerprint density at radius 1 is 1.31 bits per heavy atom. The molecular formula is C13H19N2O. The minimum atomic E-state index is 0.164. The van der Waals surface area contributed by atoms with Gasteiger partial charge >= 0.3 is 0 Å². The predicted octanol–water partition coefficient (Wildman–Crippen LogP) is 1.88. The maximum atomic E-state index is 8.76. The molecule has 3 heteroatoms. The van der Waals surface area contributed by atoms with Crippen LogP contribution >= 0.6 is 0 Å². The van der Waals surface area contributed by atoms with Gasteiger partial charge in [-0.1, -0.05) is 6.07 Å². The molecule has 1 aliphatic heterocycles. The van der Waals surface area contributed by atoms with Crippen LogP contribution in [0.1, 0.15) is 19.3 Å². The monoisotopic (exact) mass is 219 g/mol. The van der Waals surface area contributed by atoms with Gasteiger partial charge in [0, 0.05) is 37.1 Å². The minimum absolute atomic E-state index is 0.164. The van der Waals surface area contributed by atoms with E-state index < -0.39 is 0 Å². The molecule has 16 heavy (non-hydrogen) atoms. The van der Waals surface area contributed by atoms with Crippen molar-refractivity contribution in [3.05, 3.63) is 24.3 Å². The van der Waals surface area contributed by atoms with Crippen molar-refractivity contribution >= 4 is 11.4 Å². The number of aliphatic hydroxyl groups excluding tert-OH is 1. The van der Waals surface area contributed by atoms with Crippen LogP contribution in [0.4, 0.5) is 11.4 Å². The Labute approximate surface area is 97.1 Å². The van der Waals surface area contributed by atoms with Crippen LogP contribution in [-0.2, 0) is 0 Å². The van der Waals surface area contributed by atoms with Gasteiger partial charge in [0.05, 0.1) is 6.61 Å². The molecule has 1 aromatic carbocycles. The summed E-state index contributed by atoms with van der Waals surface area (Å²) >= 11 is 0. The summed E-state index contributed by atoms with van der Waals surface area (Å²) < 4.78 is 0. The lowest BCUT2D eigenvalue weighted by Gasteiger charge is -2.28. The normalized spacial score (nSPS) is 16.2. The van der Waals surface area contributed by atoms with Crippen LogP contribution in [0.2, 0.25) is 0 Å². The second kappa shape index (κ2) is 5.75. The first-order valence-electron chi connectivity index (χ1n) is 6.01. The SMILES string of the molecule is OCCNc1cc[c]c(N2CCCCC2)c1. The first-order valence-corrected chi connectivity index (χ1v) is 6.01. The molecule has 0 aromatic heterocycles. The van der Waals surface area contributed by atoms with Gasteiger partial charge in [0.2, 0.25) is 0 Å². The Morgan fingerprint density at radius 3 is 2.88 bits per heavy atom. The Morgan fingerprint density at radius 2 is 2.12 bits per heavy atom. The van der Waals surface area contributed by atoms with Gasteiger partial charge in [-0.3, -0.25) is 0 Å². The lowest BCUT2D eigenvalue weighted by Crippen LogP contribution is -2.29. The molecule has 0 amide bonds. The van der Waals surface area contributed by atoms with E-state index in [1.165, 1.54) is 24.9 Å². The van der Waals surface area contributed by atoms with Crippen LogP contribution in [-0.4, -0.2) is 31.3 Å². The number of hydrogen-bond donors (Lipinski definition) is 2. The molecule has 2 rings (SSSR count). The fourth-order valence-corrected chi connectivity index (χ4v) is 2.08. The van der Waals surface area contributed by atoms with Gasteiger partial charge in [-0.05, 0) is 31.4 Å². The minimum Gasteiger partial charge on any atom is -0.395 e. The number of anilines is 2. The van der Waals surface area contributed by atoms with Gasteiger partial charge in [0.25, 0.3) is 0 Å². The van der Waals surface area contributed by atoms with E-state index in [9.17, 15) is 0 Å². The standard InChI is InChI=1S/C13H19N2O/c16-10-7-14-12-5-4-6-13(11-12)15-8-2-1-3-9-15/h4-5,11,14,16H,1-3,7-10H2. The summed E-state index contributed by atoms with van der Waals surface area (Å²) in [5, 5.41) is 11.9. The van der Waals surface area contributed by atoms with Crippen molar-refractivity contribution in [2.45, 2.75) is 19.3 Å². The topological polar surface area (TPSA) is 35.5 Å². The molecule has 1 heterocycles. The molecule has 0 spiro atoms. The molecule has 0 aliphatic carbocycles. The van der Waals surface area contributed by atoms with Crippen molar-refractivity contribution in [3.8, 4) is 0 Å². The van der Waals surface area contributed by atoms with Crippen LogP contribution in [0.3, 0.4) is 0 Å². The number of aliphatic hydroxyl groups is 1. The summed E-state index contributed by atoms with van der Waals surface area (Å²) in [4.78, 5) is 2.38. The Kier molecular flexibility index (Phi) is 4.05. The average Bonchev–Trinajstić information content (AvgIpc) is 2.38. The quantitative estimate of drug-likeness (QED) is 0.811. The molecule has 1 fully saturated rings. The van der Waals surface area contributed by atoms with E-state index in [1.54, 1.807) is 0 Å². The maximum absolute atomic E-state index is 8.76. The largest absolute Gasteiger partial charge is 0.395 e. The summed E-state index contributed by atoms with van der Waals surface area (Å²) in [5.41, 5.74) is 2.23. The lowest BCUT2D eigenvalue weighted by atomic mass is 10.1. The van der Waals surface area contributed by atoms with Gasteiger partial charge in [0.1, 0.15) is 0 Å². The molecule has 0 saturated carbocycles. The van der Waals surface area contributed by atoms with Gasteiger partial charge in [-0.15, -0.1) is 0 Å². The first-order chi connectivity index (χ1) is 7.90. The second-order valence-corrected chi connectivity index (χ2v) is 4.16. The fraction of sp³-hybridized carbons (Fsp3) is 0.538. The summed E-state index contributed by atoms with van der Waals surface area (Å²) in [6.45, 7) is 3.04. The van der Waals surface area contributed by atoms with Crippen LogP contribution in [0.25, 0.3) is 0 Å². The van der Waals surface area contributed by atoms with E-state index in [1.807, 2.05) is 12.1 Å². The van der Waals surface area contributed by atoms with E-state index >= 15 is 0 Å². The van der Waals surface area contributed by atoms with Crippen LogP contribution < -0.4 is 10.2 Å². The van der Waals surface area contributed by atoms with Crippen LogP contribution in [0.5, 0.6) is 0 Å². The third kappa shape index (κ3) is 2.89. The van der Waals surface area contributed by atoms with E-state index in [0.29, 0.717) is 6.54 Å². The number of piperidine rings is 1. The number of hydrogen-bond acceptors (Lipinski definition) is 3. The van der Waals surface area contributed by atoms with Crippen LogP contribution in [0, 0.1) is 6.07 Å². The highest BCUT2D eigenvalue weighted by atomic mass is 16.3. The van der Waals surface area contributed by atoms with Crippen molar-refractivity contribution in [2.24, 2.45) is 0 Å². The number of nitrogens with zero attached hydrogens (tertiary/aromatic N) is 1. The van der Waals surface area contributed by atoms with Crippen molar-refractivity contribution < 1.29 is 5.11 Å². The molecule has 0 unspecified atom stereocenters. The third-order valence-electron chi connectivity index (χ3n) is 2.92. The molecule has 3 nitrogen and oxygen atoms in total. The fourth-order valence-electron chi connectivity index (χ4n) is 2.08. The molecule has 0 bridgehead atoms. The number of rotatable bonds is 4. The van der Waals surface area contributed by atoms with Gasteiger partial charge in [-0.2, -0.15) is 0 Å². The Hall–Kier alpha value is -1.22. The zero-order chi connectivity index (χ0) is 11.2. The van der Waals surface area contributed by atoms with E-state index in [4.69, 9.17) is 5.11 Å². The molecular weight excluding hydrogens is 200 g/mol. The Balaban J connectivity index is 2.02. The highest BCUT2D eigenvalue weighted by Gasteiger charge is 2.10. The van der Waals surface area contributed by atoms with Gasteiger partial charge in [0.15, 0.2) is 0 Å². The smallest absolute Gasteiger partial charge is 0.0604 e. The first kappa shape index (κ1) is 11.3. The highest BCUT2D eigenvalue weighted by molar-refractivity contribution is 5.57. The third-order valence-corrected chi connectivity index (χ3v) is 2.92. The molecule has 1 saturated heterocycles. The van der Waals surface area contributed by atoms with E-state index in [0.717, 1.165) is 18.8 Å². The molecule has 1 radical (unpaired) electrons. The summed E-state index contributed by atoms with van der Waals surface area (Å²) in [6, 6.07) is 9.33. The zero-order valence-corrected chi connectivity index (χ0v) is 9.58. The zero-order valence-electron chi connectivity index (χ0n) is 9.58. The van der Waals surface area contributed by atoms with Crippen molar-refractivity contribution in [2.75, 3.05) is 36.5 Å². The number of nitrogens with one attached hydrogen (secondary N) is 1. The van der Waals surface area contributed by atoms with E-state index in [-0.39, 0.29) is 6.61 Å². The molecule has 1 aromatic rings. The molecule has 2 N–H and O–H groups in total. The summed E-state index contributed by atoms with van der Waals surface area (Å²) in [5.74, 6) is 0. The summed E-state index contributed by atoms with van der Waals surface area (Å²) in [7, 11) is 0. The van der Waals surface area contributed by atoms with Crippen LogP contribution in [0.15, 0.2) is 18.2 Å². The second-order valence-electron chi connectivity index (χ2n) is 4.16. The van der Waals surface area contributed by atoms with Gasteiger partial charge < -0.3 is 15.3 Å². The van der Waals surface area contributed by atoms with Crippen molar-refractivity contribution in [3.63, 3.8) is 0 Å². The highest BCUT2D eigenvalue weighted by Crippen LogP contribution is 2.22. The van der Waals surface area contributed by atoms with Crippen molar-refractivity contribution in [1.29, 1.82) is 0 Å².